The molecule has 6 nitrogen and oxygen atoms in total. The summed E-state index contributed by atoms with van der Waals surface area (Å²) in [6.45, 7) is 0. The van der Waals surface area contributed by atoms with E-state index in [4.69, 9.17) is 5.11 Å². The predicted molar refractivity (Wildman–Crippen MR) is 58.9 cm³/mol. The van der Waals surface area contributed by atoms with Crippen molar-refractivity contribution in [1.82, 2.24) is 9.97 Å². The van der Waals surface area contributed by atoms with Crippen molar-refractivity contribution in [1.29, 1.82) is 0 Å². The van der Waals surface area contributed by atoms with Gasteiger partial charge in [-0.1, -0.05) is 30.3 Å². The number of hydrogen-bond acceptors (Lipinski definition) is 4. The average molecular weight is 232 g/mol. The quantitative estimate of drug-likeness (QED) is 0.711. The molecule has 86 valence electrons. The number of hydrogen-bond donors (Lipinski definition) is 3. The molecule has 0 radical (unpaired) electrons. The van der Waals surface area contributed by atoms with Crippen LogP contribution in [0.15, 0.2) is 35.1 Å². The zero-order chi connectivity index (χ0) is 12.4. The van der Waals surface area contributed by atoms with Crippen LogP contribution in [0.5, 0.6) is 5.88 Å². The van der Waals surface area contributed by atoms with Crippen molar-refractivity contribution in [2.24, 2.45) is 0 Å². The number of nitrogens with one attached hydrogen (secondary N) is 1. The highest BCUT2D eigenvalue weighted by atomic mass is 16.4. The van der Waals surface area contributed by atoms with E-state index < -0.39 is 23.0 Å². The van der Waals surface area contributed by atoms with Crippen LogP contribution in [0.2, 0.25) is 0 Å². The fourth-order valence-corrected chi connectivity index (χ4v) is 1.39. The van der Waals surface area contributed by atoms with Crippen molar-refractivity contribution < 1.29 is 15.0 Å². The summed E-state index contributed by atoms with van der Waals surface area (Å²) in [5.74, 6) is -2.19. The largest absolute Gasteiger partial charge is 0.492 e. The molecule has 1 aromatic carbocycles. The average Bonchev–Trinajstić information content (AvgIpc) is 2.28. The minimum absolute atomic E-state index is 0.123. The Labute approximate surface area is 95.2 Å². The number of benzene rings is 1. The van der Waals surface area contributed by atoms with E-state index in [0.29, 0.717) is 5.56 Å². The summed E-state index contributed by atoms with van der Waals surface area (Å²) in [6, 6.07) is 8.61. The zero-order valence-corrected chi connectivity index (χ0v) is 8.54. The van der Waals surface area contributed by atoms with Crippen LogP contribution >= 0.6 is 0 Å². The molecular weight excluding hydrogens is 224 g/mol. The Bertz CT molecular complexity index is 619. The van der Waals surface area contributed by atoms with Crippen molar-refractivity contribution in [3.8, 4) is 17.3 Å². The Morgan fingerprint density at radius 3 is 2.41 bits per heavy atom. The van der Waals surface area contributed by atoms with Crippen LogP contribution < -0.4 is 5.56 Å². The summed E-state index contributed by atoms with van der Waals surface area (Å²) in [5.41, 5.74) is -1.06. The molecule has 2 aromatic rings. The normalized spacial score (nSPS) is 10.1. The van der Waals surface area contributed by atoms with Gasteiger partial charge in [-0.05, 0) is 0 Å². The van der Waals surface area contributed by atoms with Gasteiger partial charge in [0.1, 0.15) is 5.82 Å². The molecule has 0 atom stereocenters. The maximum Gasteiger partial charge on any atom is 0.346 e. The van der Waals surface area contributed by atoms with Gasteiger partial charge in [-0.3, -0.25) is 4.79 Å². The third-order valence-electron chi connectivity index (χ3n) is 2.16. The van der Waals surface area contributed by atoms with Gasteiger partial charge in [0.2, 0.25) is 5.88 Å². The second-order valence-corrected chi connectivity index (χ2v) is 3.28. The highest BCUT2D eigenvalue weighted by molar-refractivity contribution is 5.89. The lowest BCUT2D eigenvalue weighted by atomic mass is 10.2. The number of carboxylic acid groups (broad SMARTS) is 1. The fourth-order valence-electron chi connectivity index (χ4n) is 1.39. The minimum atomic E-state index is -1.52. The van der Waals surface area contributed by atoms with E-state index in [9.17, 15) is 14.7 Å². The van der Waals surface area contributed by atoms with E-state index in [1.54, 1.807) is 30.3 Å². The van der Waals surface area contributed by atoms with Crippen LogP contribution in [-0.2, 0) is 0 Å². The molecule has 0 bridgehead atoms. The van der Waals surface area contributed by atoms with Crippen LogP contribution in [0.4, 0.5) is 0 Å². The first-order valence-corrected chi connectivity index (χ1v) is 4.71. The Balaban J connectivity index is 2.62. The molecule has 0 aliphatic carbocycles. The molecule has 0 aliphatic heterocycles. The van der Waals surface area contributed by atoms with Crippen LogP contribution in [0.3, 0.4) is 0 Å². The summed E-state index contributed by atoms with van der Waals surface area (Å²) >= 11 is 0. The first-order valence-electron chi connectivity index (χ1n) is 4.71. The van der Waals surface area contributed by atoms with E-state index in [2.05, 4.69) is 9.97 Å². The number of nitrogens with zero attached hydrogens (tertiary/aromatic N) is 1. The molecule has 0 amide bonds. The van der Waals surface area contributed by atoms with Gasteiger partial charge in [0, 0.05) is 5.56 Å². The van der Waals surface area contributed by atoms with Crippen molar-refractivity contribution >= 4 is 5.97 Å². The number of aromatic nitrogens is 2. The monoisotopic (exact) mass is 232 g/mol. The van der Waals surface area contributed by atoms with E-state index in [1.807, 2.05) is 0 Å². The third kappa shape index (κ3) is 2.00. The molecular formula is C11H8N2O4. The number of aromatic carboxylic acids is 1. The maximum absolute atomic E-state index is 11.4. The predicted octanol–water partition coefficient (Wildman–Crippen LogP) is 0.841. The number of aromatic amines is 1. The standard InChI is InChI=1S/C11H8N2O4/c14-9-7(11(16)17)10(15)13-8(12-9)6-4-2-1-3-5-6/h1-5H,(H,16,17)(H2,12,13,14,15). The van der Waals surface area contributed by atoms with Gasteiger partial charge in [-0.25, -0.2) is 4.79 Å². The van der Waals surface area contributed by atoms with Crippen molar-refractivity contribution in [2.75, 3.05) is 0 Å². The molecule has 2 rings (SSSR count). The lowest BCUT2D eigenvalue weighted by Crippen LogP contribution is -2.19. The minimum Gasteiger partial charge on any atom is -0.492 e. The highest BCUT2D eigenvalue weighted by Gasteiger charge is 2.17. The molecule has 0 fully saturated rings. The summed E-state index contributed by atoms with van der Waals surface area (Å²) in [4.78, 5) is 28.1. The summed E-state index contributed by atoms with van der Waals surface area (Å²) in [6.07, 6.45) is 0. The van der Waals surface area contributed by atoms with E-state index in [1.165, 1.54) is 0 Å². The molecule has 0 saturated heterocycles. The summed E-state index contributed by atoms with van der Waals surface area (Å²) < 4.78 is 0. The van der Waals surface area contributed by atoms with Gasteiger partial charge in [0.05, 0.1) is 0 Å². The topological polar surface area (TPSA) is 103 Å². The Kier molecular flexibility index (Phi) is 2.61. The summed E-state index contributed by atoms with van der Waals surface area (Å²) in [5, 5.41) is 18.1. The highest BCUT2D eigenvalue weighted by Crippen LogP contribution is 2.16. The number of carboxylic acids is 1. The molecule has 1 aromatic heterocycles. The first-order chi connectivity index (χ1) is 8.09. The van der Waals surface area contributed by atoms with E-state index >= 15 is 0 Å². The molecule has 3 N–H and O–H groups in total. The molecule has 0 spiro atoms. The summed E-state index contributed by atoms with van der Waals surface area (Å²) in [7, 11) is 0. The van der Waals surface area contributed by atoms with Gasteiger partial charge in [0.25, 0.3) is 5.56 Å². The van der Waals surface area contributed by atoms with Crippen LogP contribution in [-0.4, -0.2) is 26.2 Å². The molecule has 0 unspecified atom stereocenters. The van der Waals surface area contributed by atoms with Crippen LogP contribution in [0.25, 0.3) is 11.4 Å². The number of aromatic hydroxyl groups is 1. The molecule has 0 aliphatic rings. The van der Waals surface area contributed by atoms with Gasteiger partial charge >= 0.3 is 5.97 Å². The Hall–Kier alpha value is -2.63. The second-order valence-electron chi connectivity index (χ2n) is 3.28. The number of H-pyrrole nitrogens is 1. The van der Waals surface area contributed by atoms with Crippen molar-refractivity contribution in [3.05, 3.63) is 46.2 Å². The molecule has 0 saturated carbocycles. The molecule has 17 heavy (non-hydrogen) atoms. The van der Waals surface area contributed by atoms with Crippen molar-refractivity contribution in [2.45, 2.75) is 0 Å². The van der Waals surface area contributed by atoms with Gasteiger partial charge in [-0.15, -0.1) is 0 Å². The van der Waals surface area contributed by atoms with Gasteiger partial charge in [-0.2, -0.15) is 4.98 Å². The van der Waals surface area contributed by atoms with Gasteiger partial charge in [0.15, 0.2) is 5.56 Å². The lowest BCUT2D eigenvalue weighted by Gasteiger charge is -2.02. The van der Waals surface area contributed by atoms with Crippen LogP contribution in [0, 0.1) is 0 Å². The third-order valence-corrected chi connectivity index (χ3v) is 2.16. The van der Waals surface area contributed by atoms with Crippen LogP contribution in [0.1, 0.15) is 10.4 Å². The van der Waals surface area contributed by atoms with Crippen molar-refractivity contribution in [3.63, 3.8) is 0 Å². The zero-order valence-electron chi connectivity index (χ0n) is 8.54. The maximum atomic E-state index is 11.4. The second kappa shape index (κ2) is 4.09. The Morgan fingerprint density at radius 2 is 1.88 bits per heavy atom. The fraction of sp³-hybridized carbons (Fsp3) is 0. The smallest absolute Gasteiger partial charge is 0.346 e. The van der Waals surface area contributed by atoms with E-state index in [-0.39, 0.29) is 5.82 Å². The molecule has 6 heteroatoms. The van der Waals surface area contributed by atoms with E-state index in [0.717, 1.165) is 0 Å². The lowest BCUT2D eigenvalue weighted by molar-refractivity contribution is 0.0691. The number of rotatable bonds is 2. The Morgan fingerprint density at radius 1 is 1.24 bits per heavy atom. The first kappa shape index (κ1) is 10.9. The molecule has 1 heterocycles. The van der Waals surface area contributed by atoms with Gasteiger partial charge < -0.3 is 15.2 Å². The SMILES string of the molecule is O=C(O)c1c(O)nc(-c2ccccc2)[nH]c1=O. The number of carbonyl (C=O) groups is 1.